The molecular formula is C32H39N3O7. The minimum absolute atomic E-state index is 0.0334. The molecule has 3 fully saturated rings. The topological polar surface area (TPSA) is 114 Å². The van der Waals surface area contributed by atoms with Crippen molar-refractivity contribution in [2.45, 2.75) is 77.4 Å². The maximum Gasteiger partial charge on any atom is 0.414 e. The molecule has 6 rings (SSSR count). The van der Waals surface area contributed by atoms with Gasteiger partial charge in [0.1, 0.15) is 17.8 Å². The summed E-state index contributed by atoms with van der Waals surface area (Å²) < 4.78 is 5.08. The molecule has 1 unspecified atom stereocenters. The van der Waals surface area contributed by atoms with Gasteiger partial charge in [-0.15, -0.1) is 0 Å². The molecule has 0 radical (unpaired) electrons. The number of amides is 4. The van der Waals surface area contributed by atoms with Crippen molar-refractivity contribution >= 4 is 40.3 Å². The van der Waals surface area contributed by atoms with E-state index < -0.39 is 23.5 Å². The van der Waals surface area contributed by atoms with Crippen LogP contribution in [0.1, 0.15) is 86.9 Å². The number of carbonyl (C=O) groups is 4. The van der Waals surface area contributed by atoms with Crippen molar-refractivity contribution in [2.75, 3.05) is 31.1 Å². The molecule has 3 aliphatic heterocycles. The van der Waals surface area contributed by atoms with Crippen LogP contribution in [0.2, 0.25) is 0 Å². The standard InChI is InChI=1S/C32H39N3O7/c1-30(2,3)20-10-12-32(13-11-20)19-31(4,41-42-32)18-25(36)33-14-15-35-27(37)22-7-5-6-21-24(34-16-17-40-29(34)39)9-8-23(26(21)22)28(35)38/h5-9,20H,10-19H2,1-4H3,(H,33,36). The summed E-state index contributed by atoms with van der Waals surface area (Å²) in [5.41, 5.74) is 0.574. The average Bonchev–Trinajstić information content (AvgIpc) is 3.50. The molecule has 0 aromatic heterocycles. The molecule has 0 bridgehead atoms. The number of anilines is 1. The number of hydrogen-bond donors (Lipinski definition) is 1. The summed E-state index contributed by atoms with van der Waals surface area (Å²) in [6.07, 6.45) is 4.33. The van der Waals surface area contributed by atoms with Gasteiger partial charge in [-0.05, 0) is 62.1 Å². The molecule has 3 heterocycles. The van der Waals surface area contributed by atoms with E-state index in [0.29, 0.717) is 46.5 Å². The first-order valence-electron chi connectivity index (χ1n) is 14.9. The molecule has 1 atom stereocenters. The quantitative estimate of drug-likeness (QED) is 0.380. The lowest BCUT2D eigenvalue weighted by Gasteiger charge is -2.40. The Morgan fingerprint density at radius 3 is 2.40 bits per heavy atom. The molecule has 4 amide bonds. The number of carbonyl (C=O) groups excluding carboxylic acids is 4. The Bertz CT molecular complexity index is 1430. The van der Waals surface area contributed by atoms with Gasteiger partial charge in [0, 0.05) is 41.4 Å². The molecule has 42 heavy (non-hydrogen) atoms. The fourth-order valence-electron chi connectivity index (χ4n) is 7.18. The summed E-state index contributed by atoms with van der Waals surface area (Å²) in [7, 11) is 0. The highest BCUT2D eigenvalue weighted by Crippen LogP contribution is 2.50. The van der Waals surface area contributed by atoms with Crippen LogP contribution in [-0.2, 0) is 19.3 Å². The molecule has 2 saturated heterocycles. The second kappa shape index (κ2) is 10.3. The summed E-state index contributed by atoms with van der Waals surface area (Å²) >= 11 is 0. The Morgan fingerprint density at radius 1 is 1.02 bits per heavy atom. The van der Waals surface area contributed by atoms with Gasteiger partial charge < -0.3 is 10.1 Å². The van der Waals surface area contributed by atoms with E-state index in [9.17, 15) is 19.2 Å². The number of benzene rings is 2. The molecule has 1 spiro atoms. The van der Waals surface area contributed by atoms with E-state index in [2.05, 4.69) is 26.1 Å². The zero-order valence-electron chi connectivity index (χ0n) is 24.8. The summed E-state index contributed by atoms with van der Waals surface area (Å²) in [6.45, 7) is 9.60. The zero-order chi connectivity index (χ0) is 29.9. The molecule has 2 aromatic rings. The first kappa shape index (κ1) is 28.6. The lowest BCUT2D eigenvalue weighted by atomic mass is 9.66. The van der Waals surface area contributed by atoms with Crippen LogP contribution in [0.3, 0.4) is 0 Å². The number of rotatable bonds is 6. The Balaban J connectivity index is 1.07. The molecule has 2 aromatic carbocycles. The van der Waals surface area contributed by atoms with Gasteiger partial charge in [-0.2, -0.15) is 0 Å². The molecule has 224 valence electrons. The van der Waals surface area contributed by atoms with Crippen molar-refractivity contribution < 1.29 is 33.7 Å². The smallest absolute Gasteiger partial charge is 0.414 e. The van der Waals surface area contributed by atoms with Crippen molar-refractivity contribution in [1.82, 2.24) is 10.2 Å². The van der Waals surface area contributed by atoms with Gasteiger partial charge in [0.2, 0.25) is 5.91 Å². The number of hydrogen-bond acceptors (Lipinski definition) is 7. The van der Waals surface area contributed by atoms with E-state index in [1.165, 1.54) is 9.80 Å². The molecule has 1 N–H and O–H groups in total. The van der Waals surface area contributed by atoms with Gasteiger partial charge in [-0.1, -0.05) is 32.9 Å². The Hall–Kier alpha value is -3.50. The SMILES string of the molecule is CC1(CC(=O)NCCN2C(=O)c3cccc4c(N5CCOC5=O)ccc(c34)C2=O)CC2(CCC(C(C)(C)C)CC2)OO1. The summed E-state index contributed by atoms with van der Waals surface area (Å²) in [5, 5.41) is 4.04. The zero-order valence-corrected chi connectivity index (χ0v) is 24.8. The number of imide groups is 1. The Kier molecular flexibility index (Phi) is 7.05. The molecule has 10 nitrogen and oxygen atoms in total. The van der Waals surface area contributed by atoms with Gasteiger partial charge in [-0.25, -0.2) is 14.6 Å². The predicted molar refractivity (Wildman–Crippen MR) is 155 cm³/mol. The lowest BCUT2D eigenvalue weighted by molar-refractivity contribution is -0.352. The summed E-state index contributed by atoms with van der Waals surface area (Å²) in [5.74, 6) is -0.434. The highest BCUT2D eigenvalue weighted by atomic mass is 17.2. The fraction of sp³-hybridized carbons (Fsp3) is 0.562. The van der Waals surface area contributed by atoms with Crippen LogP contribution in [0.4, 0.5) is 10.5 Å². The predicted octanol–water partition coefficient (Wildman–Crippen LogP) is 4.98. The molecule has 1 aliphatic carbocycles. The van der Waals surface area contributed by atoms with Crippen molar-refractivity contribution in [3.05, 3.63) is 41.5 Å². The van der Waals surface area contributed by atoms with Crippen LogP contribution in [0.5, 0.6) is 0 Å². The average molecular weight is 578 g/mol. The summed E-state index contributed by atoms with van der Waals surface area (Å²) in [4.78, 5) is 66.3. The minimum Gasteiger partial charge on any atom is -0.447 e. The molecule has 1 saturated carbocycles. The van der Waals surface area contributed by atoms with E-state index in [0.717, 1.165) is 25.7 Å². The maximum atomic E-state index is 13.4. The van der Waals surface area contributed by atoms with E-state index in [-0.39, 0.29) is 43.0 Å². The fourth-order valence-corrected chi connectivity index (χ4v) is 7.18. The van der Waals surface area contributed by atoms with Crippen molar-refractivity contribution in [1.29, 1.82) is 0 Å². The van der Waals surface area contributed by atoms with Gasteiger partial charge in [0.15, 0.2) is 0 Å². The van der Waals surface area contributed by atoms with E-state index in [4.69, 9.17) is 14.5 Å². The van der Waals surface area contributed by atoms with E-state index in [1.807, 2.05) is 6.92 Å². The first-order valence-corrected chi connectivity index (χ1v) is 14.9. The second-order valence-electron chi connectivity index (χ2n) is 13.5. The molecule has 10 heteroatoms. The summed E-state index contributed by atoms with van der Waals surface area (Å²) in [6, 6.07) is 8.59. The van der Waals surface area contributed by atoms with Crippen LogP contribution in [-0.4, -0.2) is 66.2 Å². The van der Waals surface area contributed by atoms with Crippen molar-refractivity contribution in [3.63, 3.8) is 0 Å². The van der Waals surface area contributed by atoms with Crippen LogP contribution >= 0.6 is 0 Å². The van der Waals surface area contributed by atoms with Crippen LogP contribution in [0.25, 0.3) is 10.8 Å². The highest BCUT2D eigenvalue weighted by Gasteiger charge is 2.52. The largest absolute Gasteiger partial charge is 0.447 e. The van der Waals surface area contributed by atoms with Crippen LogP contribution in [0.15, 0.2) is 30.3 Å². The number of nitrogens with one attached hydrogen (secondary N) is 1. The van der Waals surface area contributed by atoms with Crippen LogP contribution in [0, 0.1) is 11.3 Å². The second-order valence-corrected chi connectivity index (χ2v) is 13.5. The number of cyclic esters (lactones) is 1. The van der Waals surface area contributed by atoms with E-state index >= 15 is 0 Å². The third-order valence-corrected chi connectivity index (χ3v) is 9.45. The molecule has 4 aliphatic rings. The van der Waals surface area contributed by atoms with Crippen LogP contribution < -0.4 is 10.2 Å². The van der Waals surface area contributed by atoms with Gasteiger partial charge in [0.25, 0.3) is 11.8 Å². The maximum absolute atomic E-state index is 13.4. The van der Waals surface area contributed by atoms with E-state index in [1.54, 1.807) is 30.3 Å². The number of ether oxygens (including phenoxy) is 1. The Morgan fingerprint density at radius 2 is 1.74 bits per heavy atom. The van der Waals surface area contributed by atoms with Gasteiger partial charge in [-0.3, -0.25) is 24.2 Å². The monoisotopic (exact) mass is 577 g/mol. The Labute approximate surface area is 245 Å². The third kappa shape index (κ3) is 5.04. The molecular weight excluding hydrogens is 538 g/mol. The lowest BCUT2D eigenvalue weighted by Crippen LogP contribution is -2.45. The van der Waals surface area contributed by atoms with Gasteiger partial charge >= 0.3 is 6.09 Å². The highest BCUT2D eigenvalue weighted by molar-refractivity contribution is 6.27. The minimum atomic E-state index is -0.733. The van der Waals surface area contributed by atoms with Crippen molar-refractivity contribution in [3.8, 4) is 0 Å². The normalized spacial score (nSPS) is 27.7. The third-order valence-electron chi connectivity index (χ3n) is 9.45. The van der Waals surface area contributed by atoms with Gasteiger partial charge in [0.05, 0.1) is 18.7 Å². The number of nitrogens with zero attached hydrogens (tertiary/aromatic N) is 2. The van der Waals surface area contributed by atoms with Crippen molar-refractivity contribution in [2.24, 2.45) is 11.3 Å². The first-order chi connectivity index (χ1) is 19.9.